The van der Waals surface area contributed by atoms with Gasteiger partial charge < -0.3 is 9.47 Å². The molecule has 122 valence electrons. The van der Waals surface area contributed by atoms with E-state index in [9.17, 15) is 5.26 Å². The molecule has 0 heterocycles. The van der Waals surface area contributed by atoms with E-state index in [1.54, 1.807) is 0 Å². The lowest BCUT2D eigenvalue weighted by Gasteiger charge is -2.30. The van der Waals surface area contributed by atoms with Gasteiger partial charge in [0.1, 0.15) is 5.54 Å². The molecule has 2 atom stereocenters. The molecule has 1 saturated carbocycles. The van der Waals surface area contributed by atoms with Crippen molar-refractivity contribution in [2.24, 2.45) is 0 Å². The Hall–Kier alpha value is -0.670. The summed E-state index contributed by atoms with van der Waals surface area (Å²) >= 11 is 0. The molecule has 1 N–H and O–H groups in total. The number of hydrogen-bond acceptors (Lipinski definition) is 5. The summed E-state index contributed by atoms with van der Waals surface area (Å²) in [6.45, 7) is 11.8. The van der Waals surface area contributed by atoms with Crippen molar-refractivity contribution in [1.29, 1.82) is 5.26 Å². The van der Waals surface area contributed by atoms with E-state index in [1.165, 1.54) is 0 Å². The van der Waals surface area contributed by atoms with E-state index in [0.717, 1.165) is 65.3 Å². The van der Waals surface area contributed by atoms with Gasteiger partial charge in [-0.1, -0.05) is 6.92 Å². The van der Waals surface area contributed by atoms with Crippen LogP contribution >= 0.6 is 0 Å². The Morgan fingerprint density at radius 2 is 1.81 bits per heavy atom. The van der Waals surface area contributed by atoms with E-state index >= 15 is 0 Å². The minimum Gasteiger partial charge on any atom is -0.380 e. The molecular formula is C16H31N3O2. The first-order valence-electron chi connectivity index (χ1n) is 8.27. The van der Waals surface area contributed by atoms with Crippen LogP contribution in [0.4, 0.5) is 0 Å². The molecule has 5 nitrogen and oxygen atoms in total. The summed E-state index contributed by atoms with van der Waals surface area (Å²) < 4.78 is 11.0. The molecule has 21 heavy (non-hydrogen) atoms. The lowest BCUT2D eigenvalue weighted by Crippen LogP contribution is -2.45. The molecule has 0 radical (unpaired) electrons. The summed E-state index contributed by atoms with van der Waals surface area (Å²) in [4.78, 5) is 2.43. The van der Waals surface area contributed by atoms with Crippen LogP contribution in [-0.4, -0.2) is 62.5 Å². The predicted octanol–water partition coefficient (Wildman–Crippen LogP) is 1.79. The van der Waals surface area contributed by atoms with Crippen LogP contribution in [-0.2, 0) is 9.47 Å². The van der Waals surface area contributed by atoms with Crippen molar-refractivity contribution >= 4 is 0 Å². The minimum absolute atomic E-state index is 0.338. The van der Waals surface area contributed by atoms with Gasteiger partial charge in [0.2, 0.25) is 0 Å². The van der Waals surface area contributed by atoms with Crippen molar-refractivity contribution in [2.45, 2.75) is 51.6 Å². The lowest BCUT2D eigenvalue weighted by molar-refractivity contribution is 0.0627. The fraction of sp³-hybridized carbons (Fsp3) is 0.938. The standard InChI is InChI=1S/C16H31N3O2/c1-4-18-16(14-17)8-7-15(13-16)19(9-11-20-5-2)10-12-21-6-3/h15,18H,4-13H2,1-3H3. The zero-order chi connectivity index (χ0) is 15.6. The normalized spacial score (nSPS) is 25.4. The summed E-state index contributed by atoms with van der Waals surface area (Å²) in [5.41, 5.74) is -0.338. The van der Waals surface area contributed by atoms with Crippen LogP contribution in [0.2, 0.25) is 0 Å². The van der Waals surface area contributed by atoms with Gasteiger partial charge in [-0.2, -0.15) is 5.26 Å². The molecule has 0 spiro atoms. The molecule has 0 amide bonds. The van der Waals surface area contributed by atoms with Crippen molar-refractivity contribution in [3.8, 4) is 6.07 Å². The van der Waals surface area contributed by atoms with Crippen LogP contribution in [0.15, 0.2) is 0 Å². The first kappa shape index (κ1) is 18.4. The molecule has 0 saturated heterocycles. The zero-order valence-corrected chi connectivity index (χ0v) is 13.9. The smallest absolute Gasteiger partial charge is 0.108 e. The van der Waals surface area contributed by atoms with Crippen LogP contribution in [0.3, 0.4) is 0 Å². The number of nitrogens with one attached hydrogen (secondary N) is 1. The molecule has 5 heteroatoms. The Labute approximate surface area is 129 Å². The van der Waals surface area contributed by atoms with E-state index in [1.807, 2.05) is 13.8 Å². The average Bonchev–Trinajstić information content (AvgIpc) is 2.91. The van der Waals surface area contributed by atoms with Gasteiger partial charge in [-0.3, -0.25) is 10.2 Å². The fourth-order valence-corrected chi connectivity index (χ4v) is 3.10. The topological polar surface area (TPSA) is 57.5 Å². The molecule has 1 aliphatic carbocycles. The summed E-state index contributed by atoms with van der Waals surface area (Å²) in [6, 6.07) is 2.95. The van der Waals surface area contributed by atoms with E-state index < -0.39 is 0 Å². The average molecular weight is 297 g/mol. The maximum Gasteiger partial charge on any atom is 0.108 e. The monoisotopic (exact) mass is 297 g/mol. The Balaban J connectivity index is 2.55. The number of rotatable bonds is 11. The van der Waals surface area contributed by atoms with Crippen molar-refractivity contribution in [1.82, 2.24) is 10.2 Å². The third-order valence-electron chi connectivity index (χ3n) is 4.19. The van der Waals surface area contributed by atoms with Gasteiger partial charge in [0.25, 0.3) is 0 Å². The maximum atomic E-state index is 9.50. The second-order valence-electron chi connectivity index (χ2n) is 5.55. The largest absolute Gasteiger partial charge is 0.380 e. The van der Waals surface area contributed by atoms with Gasteiger partial charge in [0, 0.05) is 32.3 Å². The van der Waals surface area contributed by atoms with Crippen molar-refractivity contribution < 1.29 is 9.47 Å². The van der Waals surface area contributed by atoms with Gasteiger partial charge in [-0.05, 0) is 39.7 Å². The van der Waals surface area contributed by atoms with Gasteiger partial charge in [0.15, 0.2) is 0 Å². The SMILES string of the molecule is CCNC1(C#N)CCC(N(CCOCC)CCOCC)C1. The first-order chi connectivity index (χ1) is 10.2. The van der Waals surface area contributed by atoms with Crippen molar-refractivity contribution in [3.63, 3.8) is 0 Å². The van der Waals surface area contributed by atoms with Gasteiger partial charge >= 0.3 is 0 Å². The molecule has 0 aromatic heterocycles. The molecule has 1 fully saturated rings. The van der Waals surface area contributed by atoms with E-state index in [0.29, 0.717) is 6.04 Å². The Bertz CT molecular complexity index is 309. The fourth-order valence-electron chi connectivity index (χ4n) is 3.10. The number of hydrogen-bond donors (Lipinski definition) is 1. The number of nitriles is 1. The Morgan fingerprint density at radius 1 is 1.19 bits per heavy atom. The molecule has 0 aromatic carbocycles. The lowest BCUT2D eigenvalue weighted by atomic mass is 9.99. The molecular weight excluding hydrogens is 266 g/mol. The summed E-state index contributed by atoms with van der Waals surface area (Å²) in [5.74, 6) is 0. The van der Waals surface area contributed by atoms with E-state index in [4.69, 9.17) is 9.47 Å². The quantitative estimate of drug-likeness (QED) is 0.589. The van der Waals surface area contributed by atoms with Gasteiger partial charge in [-0.15, -0.1) is 0 Å². The highest BCUT2D eigenvalue weighted by molar-refractivity contribution is 5.13. The number of ether oxygens (including phenoxy) is 2. The van der Waals surface area contributed by atoms with Gasteiger partial charge in [0.05, 0.1) is 19.3 Å². The zero-order valence-electron chi connectivity index (χ0n) is 13.9. The van der Waals surface area contributed by atoms with E-state index in [2.05, 4.69) is 23.2 Å². The highest BCUT2D eigenvalue weighted by atomic mass is 16.5. The predicted molar refractivity (Wildman–Crippen MR) is 84.2 cm³/mol. The molecule has 2 unspecified atom stereocenters. The molecule has 0 aromatic rings. The van der Waals surface area contributed by atoms with Crippen LogP contribution < -0.4 is 5.32 Å². The minimum atomic E-state index is -0.338. The second-order valence-corrected chi connectivity index (χ2v) is 5.55. The number of nitrogens with zero attached hydrogens (tertiary/aromatic N) is 2. The van der Waals surface area contributed by atoms with Crippen LogP contribution in [0.5, 0.6) is 0 Å². The molecule has 1 aliphatic rings. The van der Waals surface area contributed by atoms with Crippen LogP contribution in [0.25, 0.3) is 0 Å². The van der Waals surface area contributed by atoms with Gasteiger partial charge in [-0.25, -0.2) is 0 Å². The molecule has 0 bridgehead atoms. The van der Waals surface area contributed by atoms with Crippen LogP contribution in [0.1, 0.15) is 40.0 Å². The van der Waals surface area contributed by atoms with Crippen molar-refractivity contribution in [2.75, 3.05) is 46.1 Å². The van der Waals surface area contributed by atoms with Crippen molar-refractivity contribution in [3.05, 3.63) is 0 Å². The maximum absolute atomic E-state index is 9.50. The summed E-state index contributed by atoms with van der Waals surface area (Å²) in [5, 5.41) is 12.9. The van der Waals surface area contributed by atoms with Crippen LogP contribution in [0, 0.1) is 11.3 Å². The Kier molecular flexibility index (Phi) is 8.86. The molecule has 0 aliphatic heterocycles. The third-order valence-corrected chi connectivity index (χ3v) is 4.19. The second kappa shape index (κ2) is 10.1. The highest BCUT2D eigenvalue weighted by Gasteiger charge is 2.40. The highest BCUT2D eigenvalue weighted by Crippen LogP contribution is 2.32. The first-order valence-corrected chi connectivity index (χ1v) is 8.27. The summed E-state index contributed by atoms with van der Waals surface area (Å²) in [6.07, 6.45) is 2.90. The molecule has 1 rings (SSSR count). The Morgan fingerprint density at radius 3 is 2.29 bits per heavy atom. The summed E-state index contributed by atoms with van der Waals surface area (Å²) in [7, 11) is 0. The van der Waals surface area contributed by atoms with E-state index in [-0.39, 0.29) is 5.54 Å². The third kappa shape index (κ3) is 5.91.